The van der Waals surface area contributed by atoms with Gasteiger partial charge in [0.25, 0.3) is 0 Å². The Balaban J connectivity index is 2.44. The summed E-state index contributed by atoms with van der Waals surface area (Å²) >= 11 is 9.20. The van der Waals surface area contributed by atoms with Gasteiger partial charge in [0.2, 0.25) is 0 Å². The van der Waals surface area contributed by atoms with E-state index in [1.165, 1.54) is 0 Å². The molecule has 2 aromatic rings. The Morgan fingerprint density at radius 1 is 1.32 bits per heavy atom. The number of carboxylic acids is 1. The number of hydrogen-bond acceptors (Lipinski definition) is 3. The maximum atomic E-state index is 11.2. The molecule has 0 amide bonds. The van der Waals surface area contributed by atoms with Crippen molar-refractivity contribution in [3.63, 3.8) is 0 Å². The van der Waals surface area contributed by atoms with Gasteiger partial charge >= 0.3 is 5.97 Å². The third-order valence-electron chi connectivity index (χ3n) is 3.32. The van der Waals surface area contributed by atoms with Gasteiger partial charge in [0, 0.05) is 27.8 Å². The summed E-state index contributed by atoms with van der Waals surface area (Å²) in [4.78, 5) is 15.3. The third-order valence-corrected chi connectivity index (χ3v) is 4.00. The molecule has 2 atom stereocenters. The number of aromatic nitrogens is 1. The topological polar surface area (TPSA) is 74.0 Å². The lowest BCUT2D eigenvalue weighted by atomic mass is 9.81. The summed E-state index contributed by atoms with van der Waals surface area (Å²) in [7, 11) is 0. The number of benzene rings is 1. The number of carboxylic acid groups (broad SMARTS) is 1. The maximum Gasteiger partial charge on any atom is 0.304 e. The zero-order valence-corrected chi connectivity index (χ0v) is 13.8. The fourth-order valence-electron chi connectivity index (χ4n) is 2.32. The number of hydrogen-bond donors (Lipinski definition) is 1. The summed E-state index contributed by atoms with van der Waals surface area (Å²) < 4.78 is 0.746. The number of nitrogens with zero attached hydrogens (tertiary/aromatic N) is 2. The van der Waals surface area contributed by atoms with Crippen molar-refractivity contribution in [2.75, 3.05) is 0 Å². The standard InChI is InChI=1S/C16H12BrClN2O2/c17-12-5-11(8-20-9-12)15(7-19)14(6-16(21)22)10-1-3-13(18)4-2-10/h1-5,8-9,14-15H,6H2,(H,21,22). The van der Waals surface area contributed by atoms with E-state index in [1.54, 1.807) is 42.7 Å². The molecule has 2 unspecified atom stereocenters. The Morgan fingerprint density at radius 3 is 2.55 bits per heavy atom. The first kappa shape index (κ1) is 16.5. The van der Waals surface area contributed by atoms with Crippen molar-refractivity contribution in [2.45, 2.75) is 18.3 Å². The van der Waals surface area contributed by atoms with Crippen molar-refractivity contribution in [1.29, 1.82) is 5.26 Å². The molecule has 1 aromatic carbocycles. The molecule has 4 nitrogen and oxygen atoms in total. The fourth-order valence-corrected chi connectivity index (χ4v) is 2.83. The Bertz CT molecular complexity index is 713. The van der Waals surface area contributed by atoms with Crippen molar-refractivity contribution < 1.29 is 9.90 Å². The Morgan fingerprint density at radius 2 is 2.00 bits per heavy atom. The van der Waals surface area contributed by atoms with Crippen LogP contribution in [0.4, 0.5) is 0 Å². The predicted molar refractivity (Wildman–Crippen MR) is 86.7 cm³/mol. The van der Waals surface area contributed by atoms with Crippen LogP contribution >= 0.6 is 27.5 Å². The predicted octanol–water partition coefficient (Wildman–Crippen LogP) is 4.36. The van der Waals surface area contributed by atoms with Crippen LogP contribution in [-0.2, 0) is 4.79 Å². The van der Waals surface area contributed by atoms with E-state index < -0.39 is 17.8 Å². The van der Waals surface area contributed by atoms with Gasteiger partial charge in [0.05, 0.1) is 18.4 Å². The van der Waals surface area contributed by atoms with E-state index in [9.17, 15) is 15.2 Å². The quantitative estimate of drug-likeness (QED) is 0.837. The van der Waals surface area contributed by atoms with Crippen molar-refractivity contribution >= 4 is 33.5 Å². The molecule has 1 aromatic heterocycles. The second-order valence-corrected chi connectivity index (χ2v) is 6.15. The van der Waals surface area contributed by atoms with Crippen LogP contribution in [0.3, 0.4) is 0 Å². The van der Waals surface area contributed by atoms with E-state index in [0.29, 0.717) is 10.6 Å². The smallest absolute Gasteiger partial charge is 0.304 e. The van der Waals surface area contributed by atoms with Crippen LogP contribution in [0.15, 0.2) is 47.2 Å². The molecular weight excluding hydrogens is 368 g/mol. The zero-order valence-electron chi connectivity index (χ0n) is 11.4. The number of nitriles is 1. The highest BCUT2D eigenvalue weighted by Crippen LogP contribution is 2.36. The monoisotopic (exact) mass is 378 g/mol. The molecule has 0 aliphatic rings. The molecule has 0 saturated carbocycles. The zero-order chi connectivity index (χ0) is 16.1. The first-order valence-electron chi connectivity index (χ1n) is 6.48. The molecule has 0 radical (unpaired) electrons. The lowest BCUT2D eigenvalue weighted by Crippen LogP contribution is -2.14. The van der Waals surface area contributed by atoms with Gasteiger partial charge in [-0.1, -0.05) is 23.7 Å². The van der Waals surface area contributed by atoms with Gasteiger partial charge in [-0.05, 0) is 45.3 Å². The highest BCUT2D eigenvalue weighted by Gasteiger charge is 2.27. The van der Waals surface area contributed by atoms with Gasteiger partial charge in [0.15, 0.2) is 0 Å². The Kier molecular flexibility index (Phi) is 5.53. The van der Waals surface area contributed by atoms with Crippen molar-refractivity contribution in [2.24, 2.45) is 0 Å². The molecule has 0 saturated heterocycles. The summed E-state index contributed by atoms with van der Waals surface area (Å²) in [5.41, 5.74) is 1.44. The van der Waals surface area contributed by atoms with E-state index in [2.05, 4.69) is 27.0 Å². The van der Waals surface area contributed by atoms with Gasteiger partial charge in [0.1, 0.15) is 0 Å². The molecule has 0 aliphatic carbocycles. The molecule has 0 spiro atoms. The molecular formula is C16H12BrClN2O2. The van der Waals surface area contributed by atoms with Crippen molar-refractivity contribution in [3.8, 4) is 6.07 Å². The fraction of sp³-hybridized carbons (Fsp3) is 0.188. The second kappa shape index (κ2) is 7.39. The van der Waals surface area contributed by atoms with Gasteiger partial charge in [-0.2, -0.15) is 5.26 Å². The number of rotatable bonds is 5. The van der Waals surface area contributed by atoms with Crippen LogP contribution < -0.4 is 0 Å². The molecule has 0 aliphatic heterocycles. The summed E-state index contributed by atoms with van der Waals surface area (Å²) in [5.74, 6) is -2.04. The van der Waals surface area contributed by atoms with Gasteiger partial charge in [-0.25, -0.2) is 0 Å². The molecule has 0 fully saturated rings. The number of pyridine rings is 1. The van der Waals surface area contributed by atoms with Gasteiger partial charge in [-0.15, -0.1) is 0 Å². The van der Waals surface area contributed by atoms with E-state index in [1.807, 2.05) is 0 Å². The minimum Gasteiger partial charge on any atom is -0.481 e. The van der Waals surface area contributed by atoms with Crippen LogP contribution in [-0.4, -0.2) is 16.1 Å². The van der Waals surface area contributed by atoms with Gasteiger partial charge < -0.3 is 5.11 Å². The summed E-state index contributed by atoms with van der Waals surface area (Å²) in [5, 5.41) is 19.3. The lowest BCUT2D eigenvalue weighted by molar-refractivity contribution is -0.137. The average molecular weight is 380 g/mol. The van der Waals surface area contributed by atoms with Crippen molar-refractivity contribution in [1.82, 2.24) is 4.98 Å². The van der Waals surface area contributed by atoms with Gasteiger partial charge in [-0.3, -0.25) is 9.78 Å². The number of carbonyl (C=O) groups is 1. The molecule has 0 bridgehead atoms. The SMILES string of the molecule is N#CC(c1cncc(Br)c1)C(CC(=O)O)c1ccc(Cl)cc1. The van der Waals surface area contributed by atoms with E-state index in [0.717, 1.165) is 10.0 Å². The molecule has 22 heavy (non-hydrogen) atoms. The van der Waals surface area contributed by atoms with Crippen LogP contribution in [0.25, 0.3) is 0 Å². The van der Waals surface area contributed by atoms with Crippen LogP contribution in [0.2, 0.25) is 5.02 Å². The molecule has 112 valence electrons. The summed E-state index contributed by atoms with van der Waals surface area (Å²) in [6.45, 7) is 0. The lowest BCUT2D eigenvalue weighted by Gasteiger charge is -2.21. The Hall–Kier alpha value is -1.90. The van der Waals surface area contributed by atoms with E-state index in [4.69, 9.17) is 11.6 Å². The van der Waals surface area contributed by atoms with Crippen LogP contribution in [0.5, 0.6) is 0 Å². The molecule has 1 N–H and O–H groups in total. The minimum absolute atomic E-state index is 0.146. The molecule has 1 heterocycles. The first-order valence-corrected chi connectivity index (χ1v) is 7.65. The normalized spacial score (nSPS) is 13.1. The van der Waals surface area contributed by atoms with E-state index in [-0.39, 0.29) is 6.42 Å². The average Bonchev–Trinajstić information content (AvgIpc) is 2.47. The van der Waals surface area contributed by atoms with E-state index >= 15 is 0 Å². The van der Waals surface area contributed by atoms with Crippen LogP contribution in [0.1, 0.15) is 29.4 Å². The van der Waals surface area contributed by atoms with Crippen molar-refractivity contribution in [3.05, 3.63) is 63.3 Å². The van der Waals surface area contributed by atoms with Crippen LogP contribution in [0, 0.1) is 11.3 Å². The highest BCUT2D eigenvalue weighted by molar-refractivity contribution is 9.10. The summed E-state index contributed by atoms with van der Waals surface area (Å²) in [6.07, 6.45) is 3.06. The minimum atomic E-state index is -0.955. The second-order valence-electron chi connectivity index (χ2n) is 4.80. The highest BCUT2D eigenvalue weighted by atomic mass is 79.9. The number of halogens is 2. The molecule has 6 heteroatoms. The summed E-state index contributed by atoms with van der Waals surface area (Å²) in [6, 6.07) is 10.9. The number of aliphatic carboxylic acids is 1. The largest absolute Gasteiger partial charge is 0.481 e. The molecule has 2 rings (SSSR count). The Labute approximate surface area is 141 Å². The first-order chi connectivity index (χ1) is 10.5. The maximum absolute atomic E-state index is 11.2. The third kappa shape index (κ3) is 4.06.